The molecule has 0 bridgehead atoms. The minimum absolute atomic E-state index is 0.104. The highest BCUT2D eigenvalue weighted by atomic mass is 35.5. The smallest absolute Gasteiger partial charge is 0.276 e. The predicted molar refractivity (Wildman–Crippen MR) is 162 cm³/mol. The lowest BCUT2D eigenvalue weighted by Gasteiger charge is -2.41. The van der Waals surface area contributed by atoms with Crippen LogP contribution in [0.25, 0.3) is 11.0 Å². The van der Waals surface area contributed by atoms with Crippen molar-refractivity contribution in [2.75, 3.05) is 32.9 Å². The number of ether oxygens (including phenoxy) is 1. The second-order valence-electron chi connectivity index (χ2n) is 11.0. The van der Waals surface area contributed by atoms with Crippen LogP contribution >= 0.6 is 23.2 Å². The number of hydrogen-bond donors (Lipinski definition) is 1. The van der Waals surface area contributed by atoms with Crippen LogP contribution in [0.1, 0.15) is 40.9 Å². The molecule has 0 unspecified atom stereocenters. The zero-order chi connectivity index (χ0) is 29.3. The van der Waals surface area contributed by atoms with Gasteiger partial charge in [0.05, 0.1) is 39.2 Å². The molecule has 216 valence electrons. The molecule has 1 aromatic heterocycles. The molecule has 3 aromatic carbocycles. The zero-order valence-electron chi connectivity index (χ0n) is 23.0. The molecule has 4 aromatic rings. The minimum Gasteiger partial charge on any atom is -0.369 e. The average molecular weight is 605 g/mol. The third kappa shape index (κ3) is 5.36. The first kappa shape index (κ1) is 28.6. The Labute approximate surface area is 254 Å². The van der Waals surface area contributed by atoms with Crippen molar-refractivity contribution in [1.29, 1.82) is 0 Å². The average Bonchev–Trinajstić information content (AvgIpc) is 3.47. The van der Waals surface area contributed by atoms with Crippen molar-refractivity contribution >= 4 is 46.0 Å². The number of amides is 2. The maximum Gasteiger partial charge on any atom is 0.276 e. The van der Waals surface area contributed by atoms with Crippen LogP contribution in [0.5, 0.6) is 0 Å². The fraction of sp³-hybridized carbons (Fsp3) is 0.312. The number of carbonyl (C=O) groups excluding carboxylic acids is 2. The summed E-state index contributed by atoms with van der Waals surface area (Å²) in [6.45, 7) is 2.55. The zero-order valence-corrected chi connectivity index (χ0v) is 24.5. The molecule has 0 radical (unpaired) electrons. The number of nitrogens with zero attached hydrogens (tertiary/aromatic N) is 4. The van der Waals surface area contributed by atoms with E-state index in [1.807, 2.05) is 66.7 Å². The Morgan fingerprint density at radius 1 is 0.905 bits per heavy atom. The van der Waals surface area contributed by atoms with Gasteiger partial charge in [-0.3, -0.25) is 14.6 Å². The molecule has 0 saturated carbocycles. The number of piperidine rings is 1. The number of benzene rings is 3. The van der Waals surface area contributed by atoms with E-state index in [-0.39, 0.29) is 24.2 Å². The lowest BCUT2D eigenvalue weighted by Crippen LogP contribution is -2.50. The number of primary amides is 1. The number of halogens is 2. The first-order chi connectivity index (χ1) is 20.3. The summed E-state index contributed by atoms with van der Waals surface area (Å²) < 4.78 is 6.46. The Balaban J connectivity index is 1.20. The summed E-state index contributed by atoms with van der Waals surface area (Å²) in [6.07, 6.45) is 3.39. The Morgan fingerprint density at radius 2 is 1.62 bits per heavy atom. The number of carbonyl (C=O) groups is 2. The van der Waals surface area contributed by atoms with Crippen LogP contribution in [0.4, 0.5) is 0 Å². The number of likely N-dealkylation sites (tertiary alicyclic amines) is 1. The number of aromatic nitrogens is 2. The number of para-hydroxylation sites is 2. The van der Waals surface area contributed by atoms with Gasteiger partial charge in [0, 0.05) is 6.54 Å². The van der Waals surface area contributed by atoms with Crippen molar-refractivity contribution < 1.29 is 14.3 Å². The van der Waals surface area contributed by atoms with Crippen molar-refractivity contribution in [1.82, 2.24) is 19.8 Å². The van der Waals surface area contributed by atoms with Crippen molar-refractivity contribution in [3.63, 3.8) is 0 Å². The van der Waals surface area contributed by atoms with Crippen LogP contribution in [-0.4, -0.2) is 64.5 Å². The SMILES string of the molecule is NC(=O)C1(c2ccccc2)CCN(CC[C@@]2(c3ccc(Cl)c(Cl)c3)CN(C(=O)c3cnc4ccccc4n3)CO2)CC1. The fourth-order valence-electron chi connectivity index (χ4n) is 6.14. The molecular formula is C32H31Cl2N5O3. The van der Waals surface area contributed by atoms with Crippen LogP contribution in [0, 0.1) is 0 Å². The van der Waals surface area contributed by atoms with E-state index < -0.39 is 11.0 Å². The van der Waals surface area contributed by atoms with Gasteiger partial charge in [0.1, 0.15) is 18.0 Å². The molecule has 0 spiro atoms. The summed E-state index contributed by atoms with van der Waals surface area (Å²) >= 11 is 12.7. The molecule has 1 atom stereocenters. The van der Waals surface area contributed by atoms with Gasteiger partial charge in [-0.25, -0.2) is 4.98 Å². The van der Waals surface area contributed by atoms with Crippen molar-refractivity contribution in [2.24, 2.45) is 5.73 Å². The Bertz CT molecular complexity index is 1630. The molecule has 2 saturated heterocycles. The molecule has 0 aliphatic carbocycles. The normalized spacial score (nSPS) is 20.6. The lowest BCUT2D eigenvalue weighted by atomic mass is 9.72. The highest BCUT2D eigenvalue weighted by Gasteiger charge is 2.45. The molecule has 2 aliphatic rings. The van der Waals surface area contributed by atoms with E-state index in [4.69, 9.17) is 33.7 Å². The summed E-state index contributed by atoms with van der Waals surface area (Å²) in [5, 5.41) is 0.877. The van der Waals surface area contributed by atoms with Crippen LogP contribution in [0.2, 0.25) is 10.0 Å². The van der Waals surface area contributed by atoms with E-state index in [0.29, 0.717) is 61.0 Å². The quantitative estimate of drug-likeness (QED) is 0.313. The first-order valence-corrected chi connectivity index (χ1v) is 14.7. The van der Waals surface area contributed by atoms with Gasteiger partial charge in [-0.1, -0.05) is 71.7 Å². The second kappa shape index (κ2) is 11.6. The summed E-state index contributed by atoms with van der Waals surface area (Å²) in [4.78, 5) is 39.1. The van der Waals surface area contributed by atoms with E-state index in [0.717, 1.165) is 16.6 Å². The number of rotatable bonds is 7. The molecule has 6 rings (SSSR count). The Morgan fingerprint density at radius 3 is 2.33 bits per heavy atom. The largest absolute Gasteiger partial charge is 0.369 e. The maximum absolute atomic E-state index is 13.5. The number of fused-ring (bicyclic) bond motifs is 1. The maximum atomic E-state index is 13.5. The third-order valence-electron chi connectivity index (χ3n) is 8.68. The molecule has 8 nitrogen and oxygen atoms in total. The highest BCUT2D eigenvalue weighted by molar-refractivity contribution is 6.42. The summed E-state index contributed by atoms with van der Waals surface area (Å²) in [5.74, 6) is -0.534. The van der Waals surface area contributed by atoms with Gasteiger partial charge in [-0.05, 0) is 67.7 Å². The predicted octanol–water partition coefficient (Wildman–Crippen LogP) is 5.17. The van der Waals surface area contributed by atoms with Gasteiger partial charge in [0.25, 0.3) is 5.91 Å². The summed E-state index contributed by atoms with van der Waals surface area (Å²) in [5.41, 5.74) is 7.95. The number of hydrogen-bond acceptors (Lipinski definition) is 6. The van der Waals surface area contributed by atoms with Crippen LogP contribution in [-0.2, 0) is 20.5 Å². The molecule has 10 heteroatoms. The molecule has 2 fully saturated rings. The van der Waals surface area contributed by atoms with Crippen molar-refractivity contribution in [2.45, 2.75) is 30.3 Å². The molecule has 42 heavy (non-hydrogen) atoms. The third-order valence-corrected chi connectivity index (χ3v) is 9.42. The molecular weight excluding hydrogens is 573 g/mol. The van der Waals surface area contributed by atoms with Crippen LogP contribution < -0.4 is 5.73 Å². The summed E-state index contributed by atoms with van der Waals surface area (Å²) in [7, 11) is 0. The first-order valence-electron chi connectivity index (χ1n) is 14.0. The van der Waals surface area contributed by atoms with E-state index in [9.17, 15) is 9.59 Å². The molecule has 3 heterocycles. The van der Waals surface area contributed by atoms with Gasteiger partial charge < -0.3 is 20.3 Å². The molecule has 2 amide bonds. The lowest BCUT2D eigenvalue weighted by molar-refractivity contribution is -0.125. The second-order valence-corrected chi connectivity index (χ2v) is 11.9. The number of nitrogens with two attached hydrogens (primary N) is 1. The molecule has 2 aliphatic heterocycles. The highest BCUT2D eigenvalue weighted by Crippen LogP contribution is 2.40. The molecule has 2 N–H and O–H groups in total. The minimum atomic E-state index is -0.800. The van der Waals surface area contributed by atoms with Gasteiger partial charge in [-0.2, -0.15) is 0 Å². The van der Waals surface area contributed by atoms with E-state index >= 15 is 0 Å². The van der Waals surface area contributed by atoms with Crippen LogP contribution in [0.3, 0.4) is 0 Å². The fourth-order valence-corrected chi connectivity index (χ4v) is 6.43. The monoisotopic (exact) mass is 603 g/mol. The van der Waals surface area contributed by atoms with E-state index in [2.05, 4.69) is 14.9 Å². The Kier molecular flexibility index (Phi) is 7.89. The van der Waals surface area contributed by atoms with Gasteiger partial charge >= 0.3 is 0 Å². The standard InChI is InChI=1S/C32H31Cl2N5O3/c33-24-11-10-23(18-25(24)34)32(14-17-38-15-12-31(13-16-38,30(35)41)22-6-2-1-3-7-22)20-39(21-42-32)29(40)28-19-36-26-8-4-5-9-27(26)37-28/h1-11,18-19H,12-17,20-21H2,(H2,35,41)/t32-/m0/s1. The van der Waals surface area contributed by atoms with Crippen molar-refractivity contribution in [3.05, 3.63) is 106 Å². The van der Waals surface area contributed by atoms with E-state index in [1.165, 1.54) is 6.20 Å². The van der Waals surface area contributed by atoms with Crippen LogP contribution in [0.15, 0.2) is 79.0 Å². The van der Waals surface area contributed by atoms with Gasteiger partial charge in [0.2, 0.25) is 5.91 Å². The van der Waals surface area contributed by atoms with Crippen molar-refractivity contribution in [3.8, 4) is 0 Å². The van der Waals surface area contributed by atoms with E-state index in [1.54, 1.807) is 11.0 Å². The Hall–Kier alpha value is -3.56. The summed E-state index contributed by atoms with van der Waals surface area (Å²) in [6, 6.07) is 22.7. The van der Waals surface area contributed by atoms with Gasteiger partial charge in [0.15, 0.2) is 0 Å². The van der Waals surface area contributed by atoms with Gasteiger partial charge in [-0.15, -0.1) is 0 Å². The topological polar surface area (TPSA) is 102 Å².